The SMILES string of the molecule is CCc1nc(-c2ccc(N3CCN(C(=O)CC(C)C)CC3)nc2)no1. The third-order valence-corrected chi connectivity index (χ3v) is 4.32. The number of pyridine rings is 1. The number of amides is 1. The smallest absolute Gasteiger partial charge is 0.226 e. The monoisotopic (exact) mass is 343 g/mol. The van der Waals surface area contributed by atoms with Crippen molar-refractivity contribution in [1.82, 2.24) is 20.0 Å². The molecule has 0 aliphatic carbocycles. The van der Waals surface area contributed by atoms with Crippen LogP contribution >= 0.6 is 0 Å². The number of piperazine rings is 1. The molecule has 0 bridgehead atoms. The van der Waals surface area contributed by atoms with Crippen LogP contribution in [0.25, 0.3) is 11.4 Å². The molecule has 0 radical (unpaired) electrons. The fourth-order valence-corrected chi connectivity index (χ4v) is 2.88. The molecule has 3 rings (SSSR count). The van der Waals surface area contributed by atoms with Crippen molar-refractivity contribution >= 4 is 11.7 Å². The molecule has 1 fully saturated rings. The number of rotatable bonds is 5. The van der Waals surface area contributed by atoms with E-state index in [0.717, 1.165) is 44.0 Å². The summed E-state index contributed by atoms with van der Waals surface area (Å²) in [6.45, 7) is 9.24. The molecule has 3 heterocycles. The third-order valence-electron chi connectivity index (χ3n) is 4.32. The fourth-order valence-electron chi connectivity index (χ4n) is 2.88. The standard InChI is InChI=1S/C18H25N5O2/c1-4-16-20-18(21-25-16)14-5-6-15(19-12-14)22-7-9-23(10-8-22)17(24)11-13(2)3/h5-6,12-13H,4,7-11H2,1-3H3. The second-order valence-electron chi connectivity index (χ2n) is 6.74. The molecule has 25 heavy (non-hydrogen) atoms. The lowest BCUT2D eigenvalue weighted by atomic mass is 10.1. The molecule has 2 aromatic heterocycles. The zero-order valence-electron chi connectivity index (χ0n) is 15.1. The lowest BCUT2D eigenvalue weighted by molar-refractivity contribution is -0.132. The van der Waals surface area contributed by atoms with E-state index in [1.165, 1.54) is 0 Å². The first-order valence-corrected chi connectivity index (χ1v) is 8.88. The Morgan fingerprint density at radius 3 is 2.56 bits per heavy atom. The minimum absolute atomic E-state index is 0.252. The predicted octanol–water partition coefficient (Wildman–Crippen LogP) is 2.39. The highest BCUT2D eigenvalue weighted by atomic mass is 16.5. The van der Waals surface area contributed by atoms with Gasteiger partial charge in [0.1, 0.15) is 5.82 Å². The fraction of sp³-hybridized carbons (Fsp3) is 0.556. The van der Waals surface area contributed by atoms with Gasteiger partial charge in [-0.1, -0.05) is 25.9 Å². The number of aryl methyl sites for hydroxylation is 1. The molecule has 1 aliphatic rings. The summed E-state index contributed by atoms with van der Waals surface area (Å²) in [4.78, 5) is 25.2. The Morgan fingerprint density at radius 2 is 2.00 bits per heavy atom. The zero-order valence-corrected chi connectivity index (χ0v) is 15.1. The van der Waals surface area contributed by atoms with E-state index in [0.29, 0.717) is 24.1 Å². The van der Waals surface area contributed by atoms with E-state index in [1.807, 2.05) is 24.0 Å². The average Bonchev–Trinajstić information content (AvgIpc) is 3.11. The van der Waals surface area contributed by atoms with Gasteiger partial charge < -0.3 is 14.3 Å². The van der Waals surface area contributed by atoms with E-state index in [1.54, 1.807) is 6.20 Å². The highest BCUT2D eigenvalue weighted by Gasteiger charge is 2.22. The first kappa shape index (κ1) is 17.4. The molecule has 0 unspecified atom stereocenters. The largest absolute Gasteiger partial charge is 0.353 e. The molecule has 0 atom stereocenters. The van der Waals surface area contributed by atoms with Gasteiger partial charge in [-0.2, -0.15) is 4.98 Å². The normalized spacial score (nSPS) is 15.0. The highest BCUT2D eigenvalue weighted by molar-refractivity contribution is 5.76. The van der Waals surface area contributed by atoms with Gasteiger partial charge in [-0.05, 0) is 18.1 Å². The van der Waals surface area contributed by atoms with Crippen LogP contribution in [0.3, 0.4) is 0 Å². The molecule has 134 valence electrons. The maximum atomic E-state index is 12.1. The van der Waals surface area contributed by atoms with Crippen LogP contribution in [0.1, 0.15) is 33.1 Å². The van der Waals surface area contributed by atoms with Gasteiger partial charge in [0.2, 0.25) is 17.6 Å². The number of nitrogens with zero attached hydrogens (tertiary/aromatic N) is 5. The second kappa shape index (κ2) is 7.63. The van der Waals surface area contributed by atoms with Crippen molar-refractivity contribution in [2.24, 2.45) is 5.92 Å². The minimum atomic E-state index is 0.252. The van der Waals surface area contributed by atoms with Gasteiger partial charge >= 0.3 is 0 Å². The molecule has 0 N–H and O–H groups in total. The minimum Gasteiger partial charge on any atom is -0.353 e. The predicted molar refractivity (Wildman–Crippen MR) is 95.2 cm³/mol. The molecular weight excluding hydrogens is 318 g/mol. The van der Waals surface area contributed by atoms with Crippen molar-refractivity contribution in [1.29, 1.82) is 0 Å². The van der Waals surface area contributed by atoms with E-state index in [9.17, 15) is 4.79 Å². The molecule has 7 nitrogen and oxygen atoms in total. The van der Waals surface area contributed by atoms with Crippen molar-refractivity contribution in [3.05, 3.63) is 24.2 Å². The summed E-state index contributed by atoms with van der Waals surface area (Å²) in [6, 6.07) is 3.94. The van der Waals surface area contributed by atoms with Gasteiger partial charge in [0, 0.05) is 50.8 Å². The lowest BCUT2D eigenvalue weighted by Crippen LogP contribution is -2.49. The summed E-state index contributed by atoms with van der Waals surface area (Å²) in [5, 5.41) is 3.97. The Morgan fingerprint density at radius 1 is 1.24 bits per heavy atom. The number of aromatic nitrogens is 3. The van der Waals surface area contributed by atoms with E-state index in [2.05, 4.69) is 33.9 Å². The van der Waals surface area contributed by atoms with Gasteiger partial charge in [0.15, 0.2) is 0 Å². The molecule has 1 saturated heterocycles. The Kier molecular flexibility index (Phi) is 5.31. The second-order valence-corrected chi connectivity index (χ2v) is 6.74. The van der Waals surface area contributed by atoms with Crippen molar-refractivity contribution in [3.63, 3.8) is 0 Å². The number of anilines is 1. The van der Waals surface area contributed by atoms with Crippen LogP contribution in [-0.4, -0.2) is 52.1 Å². The molecule has 0 saturated carbocycles. The molecule has 1 aliphatic heterocycles. The third kappa shape index (κ3) is 4.15. The number of hydrogen-bond acceptors (Lipinski definition) is 6. The Hall–Kier alpha value is -2.44. The Balaban J connectivity index is 1.59. The summed E-state index contributed by atoms with van der Waals surface area (Å²) in [7, 11) is 0. The van der Waals surface area contributed by atoms with Gasteiger partial charge in [0.05, 0.1) is 0 Å². The number of hydrogen-bond donors (Lipinski definition) is 0. The quantitative estimate of drug-likeness (QED) is 0.830. The van der Waals surface area contributed by atoms with E-state index < -0.39 is 0 Å². The van der Waals surface area contributed by atoms with Crippen LogP contribution in [0, 0.1) is 5.92 Å². The van der Waals surface area contributed by atoms with Gasteiger partial charge in [0.25, 0.3) is 0 Å². The van der Waals surface area contributed by atoms with E-state index in [-0.39, 0.29) is 5.91 Å². The number of carbonyl (C=O) groups excluding carboxylic acids is 1. The van der Waals surface area contributed by atoms with Crippen molar-refractivity contribution in [3.8, 4) is 11.4 Å². The maximum absolute atomic E-state index is 12.1. The topological polar surface area (TPSA) is 75.4 Å². The van der Waals surface area contributed by atoms with Crippen molar-refractivity contribution < 1.29 is 9.32 Å². The first-order chi connectivity index (χ1) is 12.1. The maximum Gasteiger partial charge on any atom is 0.226 e. The van der Waals surface area contributed by atoms with Gasteiger partial charge in [-0.25, -0.2) is 4.98 Å². The van der Waals surface area contributed by atoms with Crippen LogP contribution < -0.4 is 4.90 Å². The van der Waals surface area contributed by atoms with Crippen LogP contribution in [-0.2, 0) is 11.2 Å². The summed E-state index contributed by atoms with van der Waals surface area (Å²) >= 11 is 0. The zero-order chi connectivity index (χ0) is 17.8. The molecular formula is C18H25N5O2. The molecule has 1 amide bonds. The highest BCUT2D eigenvalue weighted by Crippen LogP contribution is 2.20. The summed E-state index contributed by atoms with van der Waals surface area (Å²) in [6.07, 6.45) is 3.12. The molecule has 2 aromatic rings. The van der Waals surface area contributed by atoms with Crippen molar-refractivity contribution in [2.75, 3.05) is 31.1 Å². The first-order valence-electron chi connectivity index (χ1n) is 8.88. The van der Waals surface area contributed by atoms with Gasteiger partial charge in [-0.3, -0.25) is 4.79 Å². The lowest BCUT2D eigenvalue weighted by Gasteiger charge is -2.35. The Bertz CT molecular complexity index is 703. The van der Waals surface area contributed by atoms with Crippen molar-refractivity contribution in [2.45, 2.75) is 33.6 Å². The van der Waals surface area contributed by atoms with Gasteiger partial charge in [-0.15, -0.1) is 0 Å². The summed E-state index contributed by atoms with van der Waals surface area (Å²) in [5.74, 6) is 2.76. The summed E-state index contributed by atoms with van der Waals surface area (Å²) in [5.41, 5.74) is 0.845. The van der Waals surface area contributed by atoms with E-state index >= 15 is 0 Å². The summed E-state index contributed by atoms with van der Waals surface area (Å²) < 4.78 is 5.14. The average molecular weight is 343 g/mol. The van der Waals surface area contributed by atoms with Crippen LogP contribution in [0.2, 0.25) is 0 Å². The van der Waals surface area contributed by atoms with Crippen LogP contribution in [0.5, 0.6) is 0 Å². The molecule has 0 aromatic carbocycles. The van der Waals surface area contributed by atoms with Crippen LogP contribution in [0.4, 0.5) is 5.82 Å². The van der Waals surface area contributed by atoms with E-state index in [4.69, 9.17) is 4.52 Å². The number of carbonyl (C=O) groups is 1. The van der Waals surface area contributed by atoms with Crippen LogP contribution in [0.15, 0.2) is 22.9 Å². The molecule has 7 heteroatoms. The molecule has 0 spiro atoms. The Labute approximate surface area is 148 Å².